The normalized spacial score (nSPS) is 24.0. The molecule has 0 radical (unpaired) electrons. The molecule has 0 N–H and O–H groups in total. The van der Waals surface area contributed by atoms with E-state index in [2.05, 4.69) is 29.0 Å². The maximum absolute atomic E-state index is 12.1. The van der Waals surface area contributed by atoms with Gasteiger partial charge in [-0.15, -0.1) is 0 Å². The average molecular weight is 343 g/mol. The van der Waals surface area contributed by atoms with Crippen LogP contribution in [0, 0.1) is 5.41 Å². The largest absolute Gasteiger partial charge is 0.491 e. The van der Waals surface area contributed by atoms with Gasteiger partial charge in [-0.2, -0.15) is 0 Å². The molecule has 0 aromatic heterocycles. The van der Waals surface area contributed by atoms with Crippen molar-refractivity contribution in [2.45, 2.75) is 32.1 Å². The molecule has 5 heteroatoms. The SMILES string of the molecule is CN1CCC2(CC1)CCN(c1ccc3c(c1)N(C)C(=O)CCO3)CC2. The first kappa shape index (κ1) is 16.7. The van der Waals surface area contributed by atoms with Crippen molar-refractivity contribution < 1.29 is 9.53 Å². The van der Waals surface area contributed by atoms with E-state index in [0.29, 0.717) is 18.4 Å². The number of piperidine rings is 2. The van der Waals surface area contributed by atoms with Gasteiger partial charge in [-0.1, -0.05) is 0 Å². The van der Waals surface area contributed by atoms with E-state index in [1.807, 2.05) is 13.1 Å². The number of benzene rings is 1. The Hall–Kier alpha value is -1.75. The van der Waals surface area contributed by atoms with Crippen molar-refractivity contribution in [1.29, 1.82) is 0 Å². The zero-order chi connectivity index (χ0) is 17.4. The number of ether oxygens (including phenoxy) is 1. The fourth-order valence-corrected chi connectivity index (χ4v) is 4.47. The van der Waals surface area contributed by atoms with Gasteiger partial charge < -0.3 is 19.4 Å². The predicted octanol–water partition coefficient (Wildman–Crippen LogP) is 2.74. The maximum Gasteiger partial charge on any atom is 0.230 e. The molecule has 3 heterocycles. The van der Waals surface area contributed by atoms with Gasteiger partial charge in [-0.25, -0.2) is 0 Å². The number of hydrogen-bond acceptors (Lipinski definition) is 4. The number of amides is 1. The second kappa shape index (κ2) is 6.52. The standard InChI is InChI=1S/C20H29N3O2/c1-21-10-6-20(7-11-21)8-12-23(13-9-20)16-3-4-18-17(15-16)22(2)19(24)5-14-25-18/h3-4,15H,5-14H2,1-2H3. The molecule has 0 atom stereocenters. The van der Waals surface area contributed by atoms with Crippen LogP contribution in [0.1, 0.15) is 32.1 Å². The minimum atomic E-state index is 0.125. The number of rotatable bonds is 1. The number of carbonyl (C=O) groups excluding carboxylic acids is 1. The molecule has 3 aliphatic heterocycles. The average Bonchev–Trinajstić information content (AvgIpc) is 2.77. The van der Waals surface area contributed by atoms with Crippen LogP contribution in [-0.4, -0.2) is 57.7 Å². The summed E-state index contributed by atoms with van der Waals surface area (Å²) in [4.78, 5) is 18.8. The zero-order valence-electron chi connectivity index (χ0n) is 15.5. The third kappa shape index (κ3) is 3.22. The molecule has 1 amide bonds. The van der Waals surface area contributed by atoms with Gasteiger partial charge in [0, 0.05) is 25.8 Å². The minimum Gasteiger partial charge on any atom is -0.491 e. The summed E-state index contributed by atoms with van der Waals surface area (Å²) in [5.41, 5.74) is 2.68. The Balaban J connectivity index is 1.48. The third-order valence-electron chi connectivity index (χ3n) is 6.49. The molecule has 3 aliphatic rings. The molecule has 25 heavy (non-hydrogen) atoms. The zero-order valence-corrected chi connectivity index (χ0v) is 15.5. The Labute approximate surface area is 150 Å². The first-order valence-corrected chi connectivity index (χ1v) is 9.53. The lowest BCUT2D eigenvalue weighted by molar-refractivity contribution is -0.118. The highest BCUT2D eigenvalue weighted by Crippen LogP contribution is 2.43. The fourth-order valence-electron chi connectivity index (χ4n) is 4.47. The molecule has 0 unspecified atom stereocenters. The summed E-state index contributed by atoms with van der Waals surface area (Å²) in [6.07, 6.45) is 5.69. The van der Waals surface area contributed by atoms with E-state index in [9.17, 15) is 4.79 Å². The van der Waals surface area contributed by atoms with Crippen molar-refractivity contribution in [2.75, 3.05) is 56.7 Å². The lowest BCUT2D eigenvalue weighted by Crippen LogP contribution is -2.46. The summed E-state index contributed by atoms with van der Waals surface area (Å²) in [5.74, 6) is 0.945. The van der Waals surface area contributed by atoms with Crippen LogP contribution >= 0.6 is 0 Å². The van der Waals surface area contributed by atoms with E-state index in [1.165, 1.54) is 44.5 Å². The number of hydrogen-bond donors (Lipinski definition) is 0. The van der Waals surface area contributed by atoms with E-state index in [-0.39, 0.29) is 5.91 Å². The minimum absolute atomic E-state index is 0.125. The Morgan fingerprint density at radius 2 is 1.68 bits per heavy atom. The highest BCUT2D eigenvalue weighted by molar-refractivity contribution is 5.95. The van der Waals surface area contributed by atoms with Crippen LogP contribution in [0.3, 0.4) is 0 Å². The molecule has 4 rings (SSSR count). The number of fused-ring (bicyclic) bond motifs is 1. The molecule has 5 nitrogen and oxygen atoms in total. The van der Waals surface area contributed by atoms with Gasteiger partial charge in [0.15, 0.2) is 0 Å². The summed E-state index contributed by atoms with van der Waals surface area (Å²) in [6.45, 7) is 5.17. The molecule has 1 aromatic rings. The Kier molecular flexibility index (Phi) is 4.36. The third-order valence-corrected chi connectivity index (χ3v) is 6.49. The van der Waals surface area contributed by atoms with Crippen LogP contribution in [0.15, 0.2) is 18.2 Å². The van der Waals surface area contributed by atoms with Crippen LogP contribution in [0.4, 0.5) is 11.4 Å². The van der Waals surface area contributed by atoms with Gasteiger partial charge in [0.05, 0.1) is 18.7 Å². The molecule has 0 saturated carbocycles. The molecule has 2 fully saturated rings. The summed E-state index contributed by atoms with van der Waals surface area (Å²) < 4.78 is 5.75. The van der Waals surface area contributed by atoms with Crippen LogP contribution in [0.25, 0.3) is 0 Å². The van der Waals surface area contributed by atoms with E-state index in [0.717, 1.165) is 24.5 Å². The van der Waals surface area contributed by atoms with Crippen molar-refractivity contribution in [1.82, 2.24) is 4.90 Å². The summed E-state index contributed by atoms with van der Waals surface area (Å²) in [5, 5.41) is 0. The van der Waals surface area contributed by atoms with E-state index in [4.69, 9.17) is 4.74 Å². The lowest BCUT2D eigenvalue weighted by atomic mass is 9.71. The van der Waals surface area contributed by atoms with Crippen LogP contribution in [-0.2, 0) is 4.79 Å². The Morgan fingerprint density at radius 1 is 1.00 bits per heavy atom. The summed E-state index contributed by atoms with van der Waals surface area (Å²) >= 11 is 0. The van der Waals surface area contributed by atoms with Crippen LogP contribution < -0.4 is 14.5 Å². The molecule has 1 aromatic carbocycles. The monoisotopic (exact) mass is 343 g/mol. The first-order valence-electron chi connectivity index (χ1n) is 9.53. The van der Waals surface area contributed by atoms with E-state index >= 15 is 0 Å². The molecule has 136 valence electrons. The molecule has 1 spiro atoms. The number of anilines is 2. The summed E-state index contributed by atoms with van der Waals surface area (Å²) in [7, 11) is 4.08. The highest BCUT2D eigenvalue weighted by atomic mass is 16.5. The Morgan fingerprint density at radius 3 is 2.40 bits per heavy atom. The topological polar surface area (TPSA) is 36.0 Å². The lowest BCUT2D eigenvalue weighted by Gasteiger charge is -2.47. The van der Waals surface area contributed by atoms with E-state index in [1.54, 1.807) is 4.90 Å². The predicted molar refractivity (Wildman–Crippen MR) is 101 cm³/mol. The van der Waals surface area contributed by atoms with Gasteiger partial charge in [0.2, 0.25) is 5.91 Å². The van der Waals surface area contributed by atoms with Crippen molar-refractivity contribution in [3.05, 3.63) is 18.2 Å². The number of likely N-dealkylation sites (tertiary alicyclic amines) is 1. The molecule has 0 aliphatic carbocycles. The van der Waals surface area contributed by atoms with Gasteiger partial charge in [-0.05, 0) is 69.4 Å². The summed E-state index contributed by atoms with van der Waals surface area (Å²) in [6, 6.07) is 6.31. The van der Waals surface area contributed by atoms with E-state index < -0.39 is 0 Å². The number of nitrogens with zero attached hydrogens (tertiary/aromatic N) is 3. The quantitative estimate of drug-likeness (QED) is 0.786. The van der Waals surface area contributed by atoms with Gasteiger partial charge in [-0.3, -0.25) is 4.79 Å². The van der Waals surface area contributed by atoms with Crippen molar-refractivity contribution >= 4 is 17.3 Å². The second-order valence-electron chi connectivity index (χ2n) is 7.99. The van der Waals surface area contributed by atoms with Gasteiger partial charge in [0.1, 0.15) is 5.75 Å². The van der Waals surface area contributed by atoms with Crippen molar-refractivity contribution in [2.24, 2.45) is 5.41 Å². The Bertz CT molecular complexity index is 642. The molecular weight excluding hydrogens is 314 g/mol. The van der Waals surface area contributed by atoms with Crippen molar-refractivity contribution in [3.63, 3.8) is 0 Å². The smallest absolute Gasteiger partial charge is 0.230 e. The first-order chi connectivity index (χ1) is 12.1. The molecular formula is C20H29N3O2. The molecule has 2 saturated heterocycles. The van der Waals surface area contributed by atoms with Crippen LogP contribution in [0.2, 0.25) is 0 Å². The van der Waals surface area contributed by atoms with Crippen LogP contribution in [0.5, 0.6) is 5.75 Å². The fraction of sp³-hybridized carbons (Fsp3) is 0.650. The van der Waals surface area contributed by atoms with Gasteiger partial charge >= 0.3 is 0 Å². The van der Waals surface area contributed by atoms with Gasteiger partial charge in [0.25, 0.3) is 0 Å². The maximum atomic E-state index is 12.1. The number of carbonyl (C=O) groups is 1. The molecule has 0 bridgehead atoms. The second-order valence-corrected chi connectivity index (χ2v) is 7.99. The highest BCUT2D eigenvalue weighted by Gasteiger charge is 2.37. The van der Waals surface area contributed by atoms with Crippen molar-refractivity contribution in [3.8, 4) is 5.75 Å².